The minimum absolute atomic E-state index is 0.176. The van der Waals surface area contributed by atoms with Crippen molar-refractivity contribution in [2.75, 3.05) is 0 Å². The van der Waals surface area contributed by atoms with Crippen LogP contribution in [-0.2, 0) is 9.59 Å². The molecule has 1 unspecified atom stereocenters. The standard InChI is InChI=1S/C7H11NO3/c1-4(2)5(7(10)11)3-6(8)9/h5H,1,3H2,2H3,(H2,8,9)(H,10,11). The maximum atomic E-state index is 10.4. The Kier molecular flexibility index (Phi) is 3.30. The highest BCUT2D eigenvalue weighted by atomic mass is 16.4. The molecule has 0 radical (unpaired) electrons. The first-order valence-electron chi connectivity index (χ1n) is 3.11. The van der Waals surface area contributed by atoms with Crippen molar-refractivity contribution < 1.29 is 14.7 Å². The molecule has 11 heavy (non-hydrogen) atoms. The number of carbonyl (C=O) groups is 2. The molecule has 0 fully saturated rings. The average Bonchev–Trinajstić information content (AvgIpc) is 1.81. The van der Waals surface area contributed by atoms with Crippen LogP contribution in [0.5, 0.6) is 0 Å². The van der Waals surface area contributed by atoms with Gasteiger partial charge in [-0.25, -0.2) is 0 Å². The Hall–Kier alpha value is -1.32. The van der Waals surface area contributed by atoms with E-state index in [0.717, 1.165) is 0 Å². The van der Waals surface area contributed by atoms with E-state index in [2.05, 4.69) is 6.58 Å². The van der Waals surface area contributed by atoms with Crippen molar-refractivity contribution in [1.82, 2.24) is 0 Å². The lowest BCUT2D eigenvalue weighted by molar-refractivity contribution is -0.142. The molecule has 0 aromatic carbocycles. The minimum Gasteiger partial charge on any atom is -0.481 e. The van der Waals surface area contributed by atoms with Crippen LogP contribution in [-0.4, -0.2) is 17.0 Å². The van der Waals surface area contributed by atoms with Crippen molar-refractivity contribution in [1.29, 1.82) is 0 Å². The predicted octanol–water partition coefficient (Wildman–Crippen LogP) is 0.139. The van der Waals surface area contributed by atoms with Gasteiger partial charge < -0.3 is 10.8 Å². The highest BCUT2D eigenvalue weighted by Crippen LogP contribution is 2.12. The van der Waals surface area contributed by atoms with E-state index in [4.69, 9.17) is 10.8 Å². The molecule has 0 aliphatic rings. The Morgan fingerprint density at radius 2 is 2.09 bits per heavy atom. The van der Waals surface area contributed by atoms with Gasteiger partial charge >= 0.3 is 5.97 Å². The molecular formula is C7H11NO3. The fraction of sp³-hybridized carbons (Fsp3) is 0.429. The van der Waals surface area contributed by atoms with Gasteiger partial charge in [0.25, 0.3) is 0 Å². The summed E-state index contributed by atoms with van der Waals surface area (Å²) in [4.78, 5) is 20.7. The fourth-order valence-corrected chi connectivity index (χ4v) is 0.674. The number of carboxylic acids is 1. The van der Waals surface area contributed by atoms with Crippen molar-refractivity contribution in [2.45, 2.75) is 13.3 Å². The highest BCUT2D eigenvalue weighted by molar-refractivity contribution is 5.82. The molecule has 62 valence electrons. The van der Waals surface area contributed by atoms with E-state index in [0.29, 0.717) is 5.57 Å². The first-order chi connectivity index (χ1) is 4.95. The normalized spacial score (nSPS) is 12.1. The lowest BCUT2D eigenvalue weighted by atomic mass is 9.98. The summed E-state index contributed by atoms with van der Waals surface area (Å²) < 4.78 is 0. The smallest absolute Gasteiger partial charge is 0.311 e. The predicted molar refractivity (Wildman–Crippen MR) is 39.8 cm³/mol. The molecule has 0 bridgehead atoms. The average molecular weight is 157 g/mol. The van der Waals surface area contributed by atoms with Crippen LogP contribution in [0.25, 0.3) is 0 Å². The second-order valence-electron chi connectivity index (χ2n) is 2.41. The monoisotopic (exact) mass is 157 g/mol. The summed E-state index contributed by atoms with van der Waals surface area (Å²) in [5, 5.41) is 8.52. The van der Waals surface area contributed by atoms with Crippen molar-refractivity contribution in [3.8, 4) is 0 Å². The van der Waals surface area contributed by atoms with Crippen LogP contribution >= 0.6 is 0 Å². The molecule has 4 nitrogen and oxygen atoms in total. The Balaban J connectivity index is 4.23. The Labute approximate surface area is 64.7 Å². The fourth-order valence-electron chi connectivity index (χ4n) is 0.674. The van der Waals surface area contributed by atoms with E-state index in [1.54, 1.807) is 6.92 Å². The zero-order valence-corrected chi connectivity index (χ0v) is 6.33. The Morgan fingerprint density at radius 3 is 2.18 bits per heavy atom. The van der Waals surface area contributed by atoms with Gasteiger partial charge in [-0.1, -0.05) is 12.2 Å². The molecule has 0 spiro atoms. The van der Waals surface area contributed by atoms with Crippen molar-refractivity contribution in [3.05, 3.63) is 12.2 Å². The van der Waals surface area contributed by atoms with E-state index in [1.807, 2.05) is 0 Å². The molecule has 3 N–H and O–H groups in total. The third kappa shape index (κ3) is 3.40. The zero-order chi connectivity index (χ0) is 9.02. The van der Waals surface area contributed by atoms with Crippen LogP contribution in [0.15, 0.2) is 12.2 Å². The molecule has 4 heteroatoms. The van der Waals surface area contributed by atoms with E-state index < -0.39 is 17.8 Å². The number of hydrogen-bond donors (Lipinski definition) is 2. The maximum Gasteiger partial charge on any atom is 0.311 e. The zero-order valence-electron chi connectivity index (χ0n) is 6.33. The van der Waals surface area contributed by atoms with Gasteiger partial charge in [-0.05, 0) is 6.92 Å². The van der Waals surface area contributed by atoms with Crippen molar-refractivity contribution in [3.63, 3.8) is 0 Å². The van der Waals surface area contributed by atoms with Crippen molar-refractivity contribution in [2.24, 2.45) is 11.7 Å². The van der Waals surface area contributed by atoms with Crippen molar-refractivity contribution >= 4 is 11.9 Å². The second-order valence-corrected chi connectivity index (χ2v) is 2.41. The first-order valence-corrected chi connectivity index (χ1v) is 3.11. The molecule has 0 aliphatic carbocycles. The van der Waals surface area contributed by atoms with Gasteiger partial charge in [0, 0.05) is 6.42 Å². The molecule has 0 saturated heterocycles. The van der Waals surface area contributed by atoms with E-state index in [-0.39, 0.29) is 6.42 Å². The van der Waals surface area contributed by atoms with Crippen LogP contribution in [0.3, 0.4) is 0 Å². The number of nitrogens with two attached hydrogens (primary N) is 1. The number of hydrogen-bond acceptors (Lipinski definition) is 2. The van der Waals surface area contributed by atoms with Crippen LogP contribution < -0.4 is 5.73 Å². The molecule has 0 rings (SSSR count). The van der Waals surface area contributed by atoms with Crippen LogP contribution in [0.2, 0.25) is 0 Å². The number of carbonyl (C=O) groups excluding carboxylic acids is 1. The molecular weight excluding hydrogens is 146 g/mol. The van der Waals surface area contributed by atoms with Crippen LogP contribution in [0.1, 0.15) is 13.3 Å². The Bertz CT molecular complexity index is 184. The number of carboxylic acid groups (broad SMARTS) is 1. The lowest BCUT2D eigenvalue weighted by Gasteiger charge is -2.08. The summed E-state index contributed by atoms with van der Waals surface area (Å²) in [5.74, 6) is -2.52. The summed E-state index contributed by atoms with van der Waals surface area (Å²) in [6.07, 6.45) is -0.176. The van der Waals surface area contributed by atoms with Gasteiger partial charge in [0.2, 0.25) is 5.91 Å². The van der Waals surface area contributed by atoms with E-state index >= 15 is 0 Å². The number of rotatable bonds is 4. The third-order valence-corrected chi connectivity index (χ3v) is 1.30. The summed E-state index contributed by atoms with van der Waals surface area (Å²) in [6.45, 7) is 5.00. The molecule has 0 aromatic rings. The highest BCUT2D eigenvalue weighted by Gasteiger charge is 2.19. The van der Waals surface area contributed by atoms with Crippen LogP contribution in [0, 0.1) is 5.92 Å². The third-order valence-electron chi connectivity index (χ3n) is 1.30. The van der Waals surface area contributed by atoms with Gasteiger partial charge in [-0.2, -0.15) is 0 Å². The SMILES string of the molecule is C=C(C)C(CC(N)=O)C(=O)O. The van der Waals surface area contributed by atoms with Gasteiger partial charge in [0.15, 0.2) is 0 Å². The van der Waals surface area contributed by atoms with Gasteiger partial charge in [0.1, 0.15) is 0 Å². The largest absolute Gasteiger partial charge is 0.481 e. The van der Waals surface area contributed by atoms with E-state index in [9.17, 15) is 9.59 Å². The minimum atomic E-state index is -1.06. The first kappa shape index (κ1) is 9.68. The Morgan fingerprint density at radius 1 is 1.64 bits per heavy atom. The van der Waals surface area contributed by atoms with Crippen LogP contribution in [0.4, 0.5) is 0 Å². The van der Waals surface area contributed by atoms with E-state index in [1.165, 1.54) is 0 Å². The maximum absolute atomic E-state index is 10.4. The molecule has 1 amide bonds. The summed E-state index contributed by atoms with van der Waals surface area (Å²) >= 11 is 0. The molecule has 0 aromatic heterocycles. The molecule has 0 aliphatic heterocycles. The number of aliphatic carboxylic acids is 1. The number of amides is 1. The molecule has 1 atom stereocenters. The lowest BCUT2D eigenvalue weighted by Crippen LogP contribution is -2.22. The summed E-state index contributed by atoms with van der Waals surface area (Å²) in [6, 6.07) is 0. The second kappa shape index (κ2) is 3.75. The summed E-state index contributed by atoms with van der Waals surface area (Å²) in [7, 11) is 0. The van der Waals surface area contributed by atoms with Gasteiger partial charge in [-0.15, -0.1) is 0 Å². The topological polar surface area (TPSA) is 80.4 Å². The van der Waals surface area contributed by atoms with Gasteiger partial charge in [-0.3, -0.25) is 9.59 Å². The quantitative estimate of drug-likeness (QED) is 0.569. The molecule has 0 saturated carbocycles. The van der Waals surface area contributed by atoms with Gasteiger partial charge in [0.05, 0.1) is 5.92 Å². The number of primary amides is 1. The molecule has 0 heterocycles. The summed E-state index contributed by atoms with van der Waals surface area (Å²) in [5.41, 5.74) is 5.27.